The fourth-order valence-corrected chi connectivity index (χ4v) is 2.08. The van der Waals surface area contributed by atoms with Crippen molar-refractivity contribution in [1.29, 1.82) is 0 Å². The molecule has 0 atom stereocenters. The van der Waals surface area contributed by atoms with Gasteiger partial charge in [0, 0.05) is 25.2 Å². The number of aryl methyl sites for hydroxylation is 1. The minimum Gasteiger partial charge on any atom is -0.446 e. The van der Waals surface area contributed by atoms with E-state index in [0.717, 1.165) is 31.8 Å². The lowest BCUT2D eigenvalue weighted by Gasteiger charge is -2.37. The molecular formula is C13H19NO2. The largest absolute Gasteiger partial charge is 0.446 e. The van der Waals surface area contributed by atoms with Gasteiger partial charge in [0.25, 0.3) is 0 Å². The molecule has 0 aliphatic carbocycles. The van der Waals surface area contributed by atoms with Crippen LogP contribution in [0.5, 0.6) is 0 Å². The van der Waals surface area contributed by atoms with E-state index >= 15 is 0 Å². The first-order valence-electron chi connectivity index (χ1n) is 5.83. The van der Waals surface area contributed by atoms with Crippen molar-refractivity contribution in [2.24, 2.45) is 5.41 Å². The van der Waals surface area contributed by atoms with Crippen LogP contribution >= 0.6 is 0 Å². The van der Waals surface area contributed by atoms with Crippen LogP contribution in [-0.4, -0.2) is 13.1 Å². The fourth-order valence-electron chi connectivity index (χ4n) is 2.08. The highest BCUT2D eigenvalue weighted by Crippen LogP contribution is 2.31. The van der Waals surface area contributed by atoms with E-state index < -0.39 is 0 Å². The predicted molar refractivity (Wildman–Crippen MR) is 64.9 cm³/mol. The van der Waals surface area contributed by atoms with E-state index in [1.165, 1.54) is 6.07 Å². The fraction of sp³-hybridized carbons (Fsp3) is 0.615. The van der Waals surface area contributed by atoms with Gasteiger partial charge in [-0.1, -0.05) is 13.8 Å². The van der Waals surface area contributed by atoms with Gasteiger partial charge in [-0.05, 0) is 25.2 Å². The topological polar surface area (TPSA) is 33.5 Å². The number of piperidine rings is 1. The van der Waals surface area contributed by atoms with Crippen molar-refractivity contribution in [3.63, 3.8) is 0 Å². The molecule has 3 nitrogen and oxygen atoms in total. The van der Waals surface area contributed by atoms with Crippen LogP contribution in [0.15, 0.2) is 21.3 Å². The molecule has 0 radical (unpaired) electrons. The van der Waals surface area contributed by atoms with Crippen LogP contribution in [0.1, 0.15) is 32.4 Å². The lowest BCUT2D eigenvalue weighted by atomic mass is 9.83. The van der Waals surface area contributed by atoms with Gasteiger partial charge in [0.1, 0.15) is 5.76 Å². The summed E-state index contributed by atoms with van der Waals surface area (Å²) in [4.78, 5) is 13.6. The Morgan fingerprint density at radius 3 is 2.44 bits per heavy atom. The lowest BCUT2D eigenvalue weighted by Crippen LogP contribution is -2.37. The molecule has 1 aliphatic rings. The van der Waals surface area contributed by atoms with E-state index in [1.54, 1.807) is 6.07 Å². The molecule has 1 saturated heterocycles. The third-order valence-corrected chi connectivity index (χ3v) is 3.31. The smallest absolute Gasteiger partial charge is 0.199 e. The second-order valence-corrected chi connectivity index (χ2v) is 5.39. The zero-order valence-electron chi connectivity index (χ0n) is 10.2. The van der Waals surface area contributed by atoms with Crippen molar-refractivity contribution in [3.05, 3.63) is 28.1 Å². The van der Waals surface area contributed by atoms with E-state index in [4.69, 9.17) is 4.42 Å². The van der Waals surface area contributed by atoms with Crippen LogP contribution in [0.2, 0.25) is 0 Å². The van der Waals surface area contributed by atoms with E-state index in [2.05, 4.69) is 18.7 Å². The maximum atomic E-state index is 11.4. The number of hydrogen-bond acceptors (Lipinski definition) is 3. The Balaban J connectivity index is 2.17. The Hall–Kier alpha value is -1.25. The summed E-state index contributed by atoms with van der Waals surface area (Å²) in [5, 5.41) is 0. The third kappa shape index (κ3) is 2.46. The Bertz CT molecular complexity index is 424. The number of nitrogens with zero attached hydrogens (tertiary/aromatic N) is 1. The first-order chi connectivity index (χ1) is 7.46. The molecule has 16 heavy (non-hydrogen) atoms. The summed E-state index contributed by atoms with van der Waals surface area (Å²) in [6, 6.07) is 3.11. The average molecular weight is 221 g/mol. The molecule has 88 valence electrons. The maximum absolute atomic E-state index is 11.4. The number of anilines is 1. The van der Waals surface area contributed by atoms with Crippen molar-refractivity contribution < 1.29 is 4.42 Å². The molecule has 1 fully saturated rings. The highest BCUT2D eigenvalue weighted by molar-refractivity contribution is 5.35. The summed E-state index contributed by atoms with van der Waals surface area (Å²) in [6.45, 7) is 8.34. The average Bonchev–Trinajstić information content (AvgIpc) is 2.15. The van der Waals surface area contributed by atoms with Crippen LogP contribution < -0.4 is 10.3 Å². The van der Waals surface area contributed by atoms with Crippen molar-refractivity contribution in [2.75, 3.05) is 18.0 Å². The summed E-state index contributed by atoms with van der Waals surface area (Å²) in [6.07, 6.45) is 2.29. The van der Waals surface area contributed by atoms with Crippen LogP contribution in [0.3, 0.4) is 0 Å². The summed E-state index contributed by atoms with van der Waals surface area (Å²) in [5.41, 5.74) is 0.448. The molecule has 1 aromatic rings. The van der Waals surface area contributed by atoms with Gasteiger partial charge in [-0.3, -0.25) is 4.79 Å². The zero-order valence-corrected chi connectivity index (χ0v) is 10.2. The maximum Gasteiger partial charge on any atom is 0.199 e. The first kappa shape index (κ1) is 11.2. The second-order valence-electron chi connectivity index (χ2n) is 5.39. The minimum atomic E-state index is 0.0311. The van der Waals surface area contributed by atoms with Gasteiger partial charge in [0.05, 0.1) is 0 Å². The summed E-state index contributed by atoms with van der Waals surface area (Å²) in [7, 11) is 0. The molecular weight excluding hydrogens is 202 g/mol. The summed E-state index contributed by atoms with van der Waals surface area (Å²) >= 11 is 0. The third-order valence-electron chi connectivity index (χ3n) is 3.31. The first-order valence-corrected chi connectivity index (χ1v) is 5.83. The summed E-state index contributed by atoms with van der Waals surface area (Å²) < 4.78 is 5.59. The van der Waals surface area contributed by atoms with Gasteiger partial charge >= 0.3 is 0 Å². The van der Waals surface area contributed by atoms with E-state index in [0.29, 0.717) is 11.2 Å². The molecule has 2 heterocycles. The Labute approximate surface area is 96.1 Å². The molecule has 0 unspecified atom stereocenters. The van der Waals surface area contributed by atoms with Gasteiger partial charge in [-0.2, -0.15) is 0 Å². The van der Waals surface area contributed by atoms with Crippen LogP contribution in [-0.2, 0) is 0 Å². The molecule has 0 saturated carbocycles. The van der Waals surface area contributed by atoms with Gasteiger partial charge in [-0.25, -0.2) is 0 Å². The van der Waals surface area contributed by atoms with Gasteiger partial charge in [0.2, 0.25) is 0 Å². The Morgan fingerprint density at radius 1 is 1.25 bits per heavy atom. The van der Waals surface area contributed by atoms with Gasteiger partial charge in [0.15, 0.2) is 11.3 Å². The monoisotopic (exact) mass is 221 g/mol. The minimum absolute atomic E-state index is 0.0311. The molecule has 3 heteroatoms. The van der Waals surface area contributed by atoms with E-state index in [1.807, 2.05) is 6.92 Å². The molecule has 0 spiro atoms. The Kier molecular flexibility index (Phi) is 2.78. The molecule has 0 N–H and O–H groups in total. The number of rotatable bonds is 1. The highest BCUT2D eigenvalue weighted by Gasteiger charge is 2.26. The van der Waals surface area contributed by atoms with Crippen molar-refractivity contribution in [3.8, 4) is 0 Å². The molecule has 1 aliphatic heterocycles. The number of hydrogen-bond donors (Lipinski definition) is 0. The lowest BCUT2D eigenvalue weighted by molar-refractivity contribution is 0.273. The predicted octanol–water partition coefficient (Wildman–Crippen LogP) is 2.57. The second kappa shape index (κ2) is 3.96. The van der Waals surface area contributed by atoms with Crippen LogP contribution in [0.4, 0.5) is 5.88 Å². The molecule has 1 aromatic heterocycles. The normalized spacial score (nSPS) is 19.8. The van der Waals surface area contributed by atoms with E-state index in [9.17, 15) is 4.79 Å². The van der Waals surface area contributed by atoms with Crippen LogP contribution in [0.25, 0.3) is 0 Å². The quantitative estimate of drug-likeness (QED) is 0.730. The van der Waals surface area contributed by atoms with E-state index in [-0.39, 0.29) is 5.43 Å². The molecule has 0 amide bonds. The van der Waals surface area contributed by atoms with Gasteiger partial charge in [-0.15, -0.1) is 0 Å². The van der Waals surface area contributed by atoms with Crippen molar-refractivity contribution >= 4 is 5.88 Å². The van der Waals surface area contributed by atoms with Crippen molar-refractivity contribution in [2.45, 2.75) is 33.6 Å². The zero-order chi connectivity index (χ0) is 11.8. The molecule has 0 bridgehead atoms. The van der Waals surface area contributed by atoms with Crippen LogP contribution in [0, 0.1) is 12.3 Å². The highest BCUT2D eigenvalue weighted by atomic mass is 16.4. The van der Waals surface area contributed by atoms with Gasteiger partial charge < -0.3 is 9.32 Å². The Morgan fingerprint density at radius 2 is 1.88 bits per heavy atom. The molecule has 0 aromatic carbocycles. The SMILES string of the molecule is Cc1cc(=O)cc(N2CCC(C)(C)CC2)o1. The molecule has 2 rings (SSSR count). The summed E-state index contributed by atoms with van der Waals surface area (Å²) in [5.74, 6) is 1.41. The standard InChI is InChI=1S/C13H19NO2/c1-10-8-11(15)9-12(16-10)14-6-4-13(2,3)5-7-14/h8-9H,4-7H2,1-3H3. The van der Waals surface area contributed by atoms with Crippen molar-refractivity contribution in [1.82, 2.24) is 0 Å².